The Morgan fingerprint density at radius 1 is 1.32 bits per heavy atom. The fraction of sp³-hybridized carbons (Fsp3) is 0.429. The first kappa shape index (κ1) is 13.5. The fourth-order valence-corrected chi connectivity index (χ4v) is 2.32. The van der Waals surface area contributed by atoms with Crippen molar-refractivity contribution in [1.82, 2.24) is 9.80 Å². The molecule has 1 atom stereocenters. The fourth-order valence-electron chi connectivity index (χ4n) is 2.32. The summed E-state index contributed by atoms with van der Waals surface area (Å²) in [6.07, 6.45) is -0.847. The Hall–Kier alpha value is -1.88. The van der Waals surface area contributed by atoms with Crippen molar-refractivity contribution in [2.24, 2.45) is 0 Å². The van der Waals surface area contributed by atoms with Crippen LogP contribution in [0.3, 0.4) is 0 Å². The average molecular weight is 262 g/mol. The van der Waals surface area contributed by atoms with Crippen LogP contribution in [0.25, 0.3) is 0 Å². The standard InChI is InChI=1S/C14H18N2O3/c1-9-4-5-11(10(2)6-9)12(17)7-16-13(18)8-15(3)14(16)19/h4-6,12,17H,7-8H2,1-3H3. The highest BCUT2D eigenvalue weighted by atomic mass is 16.3. The van der Waals surface area contributed by atoms with Crippen molar-refractivity contribution in [2.45, 2.75) is 20.0 Å². The number of benzene rings is 1. The normalized spacial score (nSPS) is 17.3. The van der Waals surface area contributed by atoms with Gasteiger partial charge in [-0.05, 0) is 25.0 Å². The molecule has 0 radical (unpaired) electrons. The highest BCUT2D eigenvalue weighted by Gasteiger charge is 2.35. The summed E-state index contributed by atoms with van der Waals surface area (Å²) >= 11 is 0. The Morgan fingerprint density at radius 3 is 2.53 bits per heavy atom. The predicted molar refractivity (Wildman–Crippen MR) is 70.6 cm³/mol. The molecule has 0 saturated carbocycles. The Morgan fingerprint density at radius 2 is 2.00 bits per heavy atom. The van der Waals surface area contributed by atoms with Gasteiger partial charge in [0.15, 0.2) is 0 Å². The third-order valence-electron chi connectivity index (χ3n) is 3.37. The molecule has 0 spiro atoms. The van der Waals surface area contributed by atoms with E-state index in [2.05, 4.69) is 0 Å². The van der Waals surface area contributed by atoms with Crippen molar-refractivity contribution < 1.29 is 14.7 Å². The quantitative estimate of drug-likeness (QED) is 0.833. The van der Waals surface area contributed by atoms with Crippen molar-refractivity contribution in [3.63, 3.8) is 0 Å². The number of rotatable bonds is 3. The molecule has 5 heteroatoms. The van der Waals surface area contributed by atoms with Gasteiger partial charge in [0.2, 0.25) is 5.91 Å². The van der Waals surface area contributed by atoms with Gasteiger partial charge in [-0.1, -0.05) is 23.8 Å². The molecule has 1 N–H and O–H groups in total. The molecule has 5 nitrogen and oxygen atoms in total. The Kier molecular flexibility index (Phi) is 3.57. The number of carbonyl (C=O) groups is 2. The highest BCUT2D eigenvalue weighted by molar-refractivity contribution is 6.01. The summed E-state index contributed by atoms with van der Waals surface area (Å²) in [6, 6.07) is 5.36. The van der Waals surface area contributed by atoms with Crippen molar-refractivity contribution >= 4 is 11.9 Å². The number of nitrogens with zero attached hydrogens (tertiary/aromatic N) is 2. The van der Waals surface area contributed by atoms with Gasteiger partial charge < -0.3 is 10.0 Å². The molecule has 1 aromatic carbocycles. The second kappa shape index (κ2) is 5.01. The van der Waals surface area contributed by atoms with Gasteiger partial charge in [-0.3, -0.25) is 9.69 Å². The molecule has 1 saturated heterocycles. The molecule has 0 aromatic heterocycles. The van der Waals surface area contributed by atoms with Gasteiger partial charge in [-0.15, -0.1) is 0 Å². The molecule has 2 rings (SSSR count). The lowest BCUT2D eigenvalue weighted by Gasteiger charge is -2.20. The second-order valence-electron chi connectivity index (χ2n) is 5.02. The van der Waals surface area contributed by atoms with E-state index in [4.69, 9.17) is 0 Å². The summed E-state index contributed by atoms with van der Waals surface area (Å²) in [6.45, 7) is 3.97. The van der Waals surface area contributed by atoms with Crippen LogP contribution in [0, 0.1) is 13.8 Å². The zero-order valence-electron chi connectivity index (χ0n) is 11.4. The molecule has 1 unspecified atom stereocenters. The molecule has 1 aliphatic heterocycles. The summed E-state index contributed by atoms with van der Waals surface area (Å²) < 4.78 is 0. The number of β-amino-alcohol motifs (C(OH)–C–C–N with tert-alkyl or cyclic N) is 1. The minimum atomic E-state index is -0.847. The van der Waals surface area contributed by atoms with E-state index in [0.29, 0.717) is 0 Å². The molecular formula is C14H18N2O3. The first-order chi connectivity index (χ1) is 8.90. The SMILES string of the molecule is Cc1ccc(C(O)CN2C(=O)CN(C)C2=O)c(C)c1. The van der Waals surface area contributed by atoms with Crippen LogP contribution in [0.1, 0.15) is 22.8 Å². The van der Waals surface area contributed by atoms with Gasteiger partial charge in [0.1, 0.15) is 6.54 Å². The van der Waals surface area contributed by atoms with Crippen LogP contribution in [-0.4, -0.2) is 47.0 Å². The minimum Gasteiger partial charge on any atom is -0.387 e. The predicted octanol–water partition coefficient (Wildman–Crippen LogP) is 1.23. The molecule has 1 aromatic rings. The lowest BCUT2D eigenvalue weighted by atomic mass is 10.0. The van der Waals surface area contributed by atoms with Gasteiger partial charge in [-0.25, -0.2) is 4.79 Å². The van der Waals surface area contributed by atoms with Crippen LogP contribution < -0.4 is 0 Å². The monoisotopic (exact) mass is 262 g/mol. The van der Waals surface area contributed by atoms with Crippen molar-refractivity contribution in [3.8, 4) is 0 Å². The van der Waals surface area contributed by atoms with E-state index in [1.165, 1.54) is 4.90 Å². The van der Waals surface area contributed by atoms with E-state index in [0.717, 1.165) is 21.6 Å². The number of likely N-dealkylation sites (N-methyl/N-ethyl adjacent to an activating group) is 1. The Labute approximate surface area is 112 Å². The number of amides is 3. The summed E-state index contributed by atoms with van der Waals surface area (Å²) in [7, 11) is 1.57. The van der Waals surface area contributed by atoms with Crippen molar-refractivity contribution in [2.75, 3.05) is 20.1 Å². The molecule has 1 heterocycles. The first-order valence-electron chi connectivity index (χ1n) is 6.21. The maximum absolute atomic E-state index is 11.7. The molecule has 3 amide bonds. The molecule has 0 bridgehead atoms. The van der Waals surface area contributed by atoms with E-state index in [9.17, 15) is 14.7 Å². The smallest absolute Gasteiger partial charge is 0.327 e. The highest BCUT2D eigenvalue weighted by Crippen LogP contribution is 2.21. The summed E-state index contributed by atoms with van der Waals surface area (Å²) in [5, 5.41) is 10.2. The summed E-state index contributed by atoms with van der Waals surface area (Å²) in [5.41, 5.74) is 2.82. The maximum Gasteiger partial charge on any atom is 0.327 e. The Bertz CT molecular complexity index is 527. The molecular weight excluding hydrogens is 244 g/mol. The number of imide groups is 1. The molecule has 102 valence electrons. The van der Waals surface area contributed by atoms with Crippen LogP contribution in [0.2, 0.25) is 0 Å². The van der Waals surface area contributed by atoms with Crippen LogP contribution >= 0.6 is 0 Å². The number of hydrogen-bond acceptors (Lipinski definition) is 3. The number of aryl methyl sites for hydroxylation is 2. The first-order valence-corrected chi connectivity index (χ1v) is 6.21. The zero-order valence-corrected chi connectivity index (χ0v) is 11.4. The van der Waals surface area contributed by atoms with Crippen LogP contribution in [0.5, 0.6) is 0 Å². The topological polar surface area (TPSA) is 60.9 Å². The maximum atomic E-state index is 11.7. The number of aliphatic hydroxyl groups excluding tert-OH is 1. The number of urea groups is 1. The van der Waals surface area contributed by atoms with E-state index < -0.39 is 6.10 Å². The van der Waals surface area contributed by atoms with Crippen LogP contribution in [0.15, 0.2) is 18.2 Å². The van der Waals surface area contributed by atoms with Gasteiger partial charge in [0, 0.05) is 7.05 Å². The number of carbonyl (C=O) groups excluding carboxylic acids is 2. The lowest BCUT2D eigenvalue weighted by Crippen LogP contribution is -2.35. The van der Waals surface area contributed by atoms with Crippen LogP contribution in [0.4, 0.5) is 4.79 Å². The third kappa shape index (κ3) is 2.61. The average Bonchev–Trinajstić information content (AvgIpc) is 2.56. The van der Waals surface area contributed by atoms with Crippen molar-refractivity contribution in [1.29, 1.82) is 0 Å². The van der Waals surface area contributed by atoms with E-state index in [1.54, 1.807) is 7.05 Å². The third-order valence-corrected chi connectivity index (χ3v) is 3.37. The lowest BCUT2D eigenvalue weighted by molar-refractivity contribution is -0.126. The molecule has 19 heavy (non-hydrogen) atoms. The molecule has 1 aliphatic rings. The van der Waals surface area contributed by atoms with Gasteiger partial charge >= 0.3 is 6.03 Å². The number of aliphatic hydroxyl groups is 1. The van der Waals surface area contributed by atoms with Gasteiger partial charge in [0.25, 0.3) is 0 Å². The Balaban J connectivity index is 2.15. The second-order valence-corrected chi connectivity index (χ2v) is 5.02. The van der Waals surface area contributed by atoms with Crippen LogP contribution in [-0.2, 0) is 4.79 Å². The minimum absolute atomic E-state index is 0.00586. The summed E-state index contributed by atoms with van der Waals surface area (Å²) in [4.78, 5) is 25.8. The van der Waals surface area contributed by atoms with Gasteiger partial charge in [-0.2, -0.15) is 0 Å². The van der Waals surface area contributed by atoms with E-state index in [-0.39, 0.29) is 25.0 Å². The molecule has 1 fully saturated rings. The number of hydrogen-bond donors (Lipinski definition) is 1. The zero-order chi connectivity index (χ0) is 14.2. The van der Waals surface area contributed by atoms with E-state index >= 15 is 0 Å². The van der Waals surface area contributed by atoms with Crippen molar-refractivity contribution in [3.05, 3.63) is 34.9 Å². The summed E-state index contributed by atoms with van der Waals surface area (Å²) in [5.74, 6) is -0.267. The molecule has 0 aliphatic carbocycles. The van der Waals surface area contributed by atoms with E-state index in [1.807, 2.05) is 32.0 Å². The van der Waals surface area contributed by atoms with Gasteiger partial charge in [0.05, 0.1) is 12.6 Å². The largest absolute Gasteiger partial charge is 0.387 e.